The van der Waals surface area contributed by atoms with Crippen LogP contribution >= 0.6 is 0 Å². The van der Waals surface area contributed by atoms with Gasteiger partial charge in [0, 0.05) is 29.8 Å². The van der Waals surface area contributed by atoms with Crippen molar-refractivity contribution in [2.24, 2.45) is 0 Å². The first-order chi connectivity index (χ1) is 14.3. The zero-order valence-electron chi connectivity index (χ0n) is 15.8. The average molecular weight is 384 g/mol. The molecule has 2 aromatic heterocycles. The highest BCUT2D eigenvalue weighted by Crippen LogP contribution is 2.25. The Labute approximate surface area is 167 Å². The van der Waals surface area contributed by atoms with E-state index in [1.165, 1.54) is 0 Å². The van der Waals surface area contributed by atoms with Crippen molar-refractivity contribution in [2.75, 3.05) is 5.32 Å². The van der Waals surface area contributed by atoms with Gasteiger partial charge in [0.15, 0.2) is 5.82 Å². The minimum Gasteiger partial charge on any atom is -0.321 e. The van der Waals surface area contributed by atoms with Crippen LogP contribution in [-0.4, -0.2) is 30.9 Å². The maximum atomic E-state index is 12.7. The van der Waals surface area contributed by atoms with Gasteiger partial charge in [-0.15, -0.1) is 10.2 Å². The van der Waals surface area contributed by atoms with E-state index in [4.69, 9.17) is 0 Å². The number of nitrogens with zero attached hydrogens (tertiary/aromatic N) is 4. The lowest BCUT2D eigenvalue weighted by Gasteiger charge is -2.15. The number of benzene rings is 2. The van der Waals surface area contributed by atoms with E-state index in [1.807, 2.05) is 54.6 Å². The fourth-order valence-corrected chi connectivity index (χ4v) is 3.65. The molecule has 1 amide bonds. The maximum absolute atomic E-state index is 12.7. The zero-order chi connectivity index (χ0) is 19.6. The summed E-state index contributed by atoms with van der Waals surface area (Å²) in [6.07, 6.45) is 3.26. The number of carbonyl (C=O) groups is 1. The van der Waals surface area contributed by atoms with Crippen LogP contribution < -0.4 is 5.32 Å². The molecule has 2 aromatic carbocycles. The number of H-pyrrole nitrogens is 1. The Bertz CT molecular complexity index is 1160. The molecule has 1 aliphatic heterocycles. The second-order valence-electron chi connectivity index (χ2n) is 7.12. The summed E-state index contributed by atoms with van der Waals surface area (Å²) >= 11 is 0. The minimum absolute atomic E-state index is 0.236. The van der Waals surface area contributed by atoms with E-state index in [-0.39, 0.29) is 5.91 Å². The summed E-state index contributed by atoms with van der Waals surface area (Å²) in [5.74, 6) is 1.65. The Morgan fingerprint density at radius 2 is 1.83 bits per heavy atom. The van der Waals surface area contributed by atoms with Crippen molar-refractivity contribution >= 4 is 11.6 Å². The minimum atomic E-state index is -0.236. The van der Waals surface area contributed by atoms with Crippen LogP contribution in [0.15, 0.2) is 60.7 Å². The molecule has 2 N–H and O–H groups in total. The third kappa shape index (κ3) is 3.42. The van der Waals surface area contributed by atoms with Crippen LogP contribution in [0.25, 0.3) is 22.6 Å². The number of nitrogens with one attached hydrogen (secondary N) is 2. The summed E-state index contributed by atoms with van der Waals surface area (Å²) in [7, 11) is 0. The standard InChI is InChI=1S/C22H20N6O/c29-22(19-14-18(24-25-19)15-7-2-1-3-8-15)23-17-10-6-9-16(13-17)21-27-26-20-11-4-5-12-28(20)21/h1-3,6-10,13-14H,4-5,11-12H2,(H,23,29)(H,24,25). The van der Waals surface area contributed by atoms with Crippen molar-refractivity contribution in [2.45, 2.75) is 25.8 Å². The lowest BCUT2D eigenvalue weighted by Crippen LogP contribution is -2.13. The van der Waals surface area contributed by atoms with Crippen molar-refractivity contribution < 1.29 is 4.79 Å². The summed E-state index contributed by atoms with van der Waals surface area (Å²) in [5, 5.41) is 18.7. The summed E-state index contributed by atoms with van der Waals surface area (Å²) in [5.41, 5.74) is 3.75. The van der Waals surface area contributed by atoms with Crippen molar-refractivity contribution in [1.82, 2.24) is 25.0 Å². The molecule has 0 spiro atoms. The lowest BCUT2D eigenvalue weighted by atomic mass is 10.1. The number of carbonyl (C=O) groups excluding carboxylic acids is 1. The molecule has 0 bridgehead atoms. The van der Waals surface area contributed by atoms with Crippen molar-refractivity contribution in [1.29, 1.82) is 0 Å². The zero-order valence-corrected chi connectivity index (χ0v) is 15.8. The SMILES string of the molecule is O=C(Nc1cccc(-c2nnc3n2CCCC3)c1)c1cc(-c2ccccc2)n[nH]1. The largest absolute Gasteiger partial charge is 0.321 e. The normalized spacial score (nSPS) is 13.1. The van der Waals surface area contributed by atoms with Gasteiger partial charge in [-0.3, -0.25) is 9.89 Å². The summed E-state index contributed by atoms with van der Waals surface area (Å²) in [6.45, 7) is 0.935. The molecule has 4 aromatic rings. The number of hydrogen-bond acceptors (Lipinski definition) is 4. The Balaban J connectivity index is 1.36. The predicted octanol–water partition coefficient (Wildman–Crippen LogP) is 3.92. The number of aryl methyl sites for hydroxylation is 1. The summed E-state index contributed by atoms with van der Waals surface area (Å²) in [6, 6.07) is 19.2. The molecule has 29 heavy (non-hydrogen) atoms. The monoisotopic (exact) mass is 384 g/mol. The number of hydrogen-bond donors (Lipinski definition) is 2. The fourth-order valence-electron chi connectivity index (χ4n) is 3.65. The smallest absolute Gasteiger partial charge is 0.273 e. The van der Waals surface area contributed by atoms with Crippen LogP contribution in [0.4, 0.5) is 5.69 Å². The molecule has 7 nitrogen and oxygen atoms in total. The second kappa shape index (κ2) is 7.35. The first-order valence-corrected chi connectivity index (χ1v) is 9.72. The Kier molecular flexibility index (Phi) is 4.40. The van der Waals surface area contributed by atoms with E-state index in [0.29, 0.717) is 11.4 Å². The van der Waals surface area contributed by atoms with Gasteiger partial charge >= 0.3 is 0 Å². The van der Waals surface area contributed by atoms with Gasteiger partial charge < -0.3 is 9.88 Å². The highest BCUT2D eigenvalue weighted by atomic mass is 16.1. The van der Waals surface area contributed by atoms with Crippen molar-refractivity contribution in [3.63, 3.8) is 0 Å². The van der Waals surface area contributed by atoms with E-state index in [9.17, 15) is 4.79 Å². The number of anilines is 1. The molecule has 0 saturated carbocycles. The first-order valence-electron chi connectivity index (χ1n) is 9.72. The highest BCUT2D eigenvalue weighted by Gasteiger charge is 2.17. The van der Waals surface area contributed by atoms with Crippen LogP contribution in [0.2, 0.25) is 0 Å². The maximum Gasteiger partial charge on any atom is 0.273 e. The molecule has 1 aliphatic rings. The second-order valence-corrected chi connectivity index (χ2v) is 7.12. The number of aromatic nitrogens is 5. The fraction of sp³-hybridized carbons (Fsp3) is 0.182. The van der Waals surface area contributed by atoms with Crippen LogP contribution in [0, 0.1) is 0 Å². The van der Waals surface area contributed by atoms with E-state index >= 15 is 0 Å². The molecule has 5 rings (SSSR count). The highest BCUT2D eigenvalue weighted by molar-refractivity contribution is 6.03. The number of rotatable bonds is 4. The van der Waals surface area contributed by atoms with Gasteiger partial charge in [-0.1, -0.05) is 42.5 Å². The molecular formula is C22H20N6O. The molecule has 0 fully saturated rings. The molecular weight excluding hydrogens is 364 g/mol. The van der Waals surface area contributed by atoms with Crippen LogP contribution in [0.3, 0.4) is 0 Å². The van der Waals surface area contributed by atoms with Gasteiger partial charge in [0.2, 0.25) is 0 Å². The lowest BCUT2D eigenvalue weighted by molar-refractivity contribution is 0.102. The van der Waals surface area contributed by atoms with E-state index in [2.05, 4.69) is 30.3 Å². The molecule has 0 radical (unpaired) electrons. The predicted molar refractivity (Wildman–Crippen MR) is 110 cm³/mol. The third-order valence-corrected chi connectivity index (χ3v) is 5.13. The Hall–Kier alpha value is -3.74. The first kappa shape index (κ1) is 17.4. The van der Waals surface area contributed by atoms with Gasteiger partial charge in [0.25, 0.3) is 5.91 Å². The molecule has 0 aliphatic carbocycles. The number of aromatic amines is 1. The van der Waals surface area contributed by atoms with Crippen LogP contribution in [0.1, 0.15) is 29.2 Å². The van der Waals surface area contributed by atoms with Crippen molar-refractivity contribution in [3.05, 3.63) is 72.2 Å². The molecule has 0 saturated heterocycles. The summed E-state index contributed by atoms with van der Waals surface area (Å²) in [4.78, 5) is 12.7. The Morgan fingerprint density at radius 3 is 2.72 bits per heavy atom. The average Bonchev–Trinajstić information content (AvgIpc) is 3.42. The summed E-state index contributed by atoms with van der Waals surface area (Å²) < 4.78 is 2.17. The molecule has 0 atom stereocenters. The van der Waals surface area contributed by atoms with Gasteiger partial charge in [0.1, 0.15) is 11.5 Å². The molecule has 0 unspecified atom stereocenters. The topological polar surface area (TPSA) is 88.5 Å². The quantitative estimate of drug-likeness (QED) is 0.558. The number of fused-ring (bicyclic) bond motifs is 1. The molecule has 144 valence electrons. The van der Waals surface area contributed by atoms with Crippen LogP contribution in [0.5, 0.6) is 0 Å². The van der Waals surface area contributed by atoms with E-state index < -0.39 is 0 Å². The van der Waals surface area contributed by atoms with Gasteiger partial charge in [0.05, 0.1) is 5.69 Å². The van der Waals surface area contributed by atoms with Gasteiger partial charge in [-0.05, 0) is 31.0 Å². The van der Waals surface area contributed by atoms with Gasteiger partial charge in [-0.25, -0.2) is 0 Å². The third-order valence-electron chi connectivity index (χ3n) is 5.13. The van der Waals surface area contributed by atoms with E-state index in [1.54, 1.807) is 6.07 Å². The van der Waals surface area contributed by atoms with Crippen LogP contribution in [-0.2, 0) is 13.0 Å². The molecule has 3 heterocycles. The Morgan fingerprint density at radius 1 is 0.966 bits per heavy atom. The molecule has 7 heteroatoms. The van der Waals surface area contributed by atoms with E-state index in [0.717, 1.165) is 54.3 Å². The van der Waals surface area contributed by atoms with Crippen molar-refractivity contribution in [3.8, 4) is 22.6 Å². The number of amides is 1. The van der Waals surface area contributed by atoms with Gasteiger partial charge in [-0.2, -0.15) is 5.10 Å².